The number of rotatable bonds is 4. The second kappa shape index (κ2) is 6.62. The molecule has 23 heavy (non-hydrogen) atoms. The van der Waals surface area contributed by atoms with E-state index in [1.807, 2.05) is 16.4 Å². The van der Waals surface area contributed by atoms with E-state index in [0.29, 0.717) is 23.0 Å². The lowest BCUT2D eigenvalue weighted by molar-refractivity contribution is 0.100. The monoisotopic (exact) mass is 334 g/mol. The smallest absolute Gasteiger partial charge is 0.254 e. The van der Waals surface area contributed by atoms with Crippen LogP contribution in [-0.2, 0) is 0 Å². The van der Waals surface area contributed by atoms with Crippen LogP contribution < -0.4 is 11.1 Å². The molecule has 2 heterocycles. The van der Waals surface area contributed by atoms with E-state index < -0.39 is 5.91 Å². The highest BCUT2D eigenvalue weighted by molar-refractivity contribution is 7.99. The second-order valence-corrected chi connectivity index (χ2v) is 6.93. The molecule has 7 heteroatoms. The Bertz CT molecular complexity index is 701. The molecule has 0 radical (unpaired) electrons. The number of thioether (sulfide) groups is 1. The maximum absolute atomic E-state index is 13.0. The Morgan fingerprint density at radius 2 is 2.17 bits per heavy atom. The van der Waals surface area contributed by atoms with Gasteiger partial charge < -0.3 is 11.1 Å². The first-order valence-corrected chi connectivity index (χ1v) is 8.69. The Kier molecular flexibility index (Phi) is 4.56. The first-order valence-electron chi connectivity index (χ1n) is 7.54. The summed E-state index contributed by atoms with van der Waals surface area (Å²) < 4.78 is 14.8. The number of hydrogen-bond donors (Lipinski definition) is 2. The van der Waals surface area contributed by atoms with Crippen molar-refractivity contribution in [3.63, 3.8) is 0 Å². The molecule has 1 aromatic carbocycles. The fourth-order valence-electron chi connectivity index (χ4n) is 2.77. The molecular weight excluding hydrogens is 315 g/mol. The van der Waals surface area contributed by atoms with Crippen molar-refractivity contribution in [3.05, 3.63) is 41.8 Å². The molecule has 1 unspecified atom stereocenters. The number of carbonyl (C=O) groups excluding carboxylic acids is 1. The third kappa shape index (κ3) is 3.50. The van der Waals surface area contributed by atoms with E-state index in [9.17, 15) is 9.18 Å². The van der Waals surface area contributed by atoms with Crippen molar-refractivity contribution >= 4 is 29.2 Å². The summed E-state index contributed by atoms with van der Waals surface area (Å²) in [7, 11) is 0. The molecule has 0 spiro atoms. The molecule has 1 fully saturated rings. The van der Waals surface area contributed by atoms with Crippen LogP contribution in [0.1, 0.15) is 29.7 Å². The lowest BCUT2D eigenvalue weighted by Gasteiger charge is -2.28. The van der Waals surface area contributed by atoms with E-state index in [0.717, 1.165) is 17.9 Å². The van der Waals surface area contributed by atoms with Gasteiger partial charge >= 0.3 is 0 Å². The molecule has 0 aliphatic carbocycles. The zero-order valence-electron chi connectivity index (χ0n) is 12.8. The number of nitrogens with two attached hydrogens (primary N) is 1. The van der Waals surface area contributed by atoms with Crippen molar-refractivity contribution in [3.8, 4) is 0 Å². The van der Waals surface area contributed by atoms with Crippen LogP contribution in [0, 0.1) is 11.7 Å². The SMILES string of the molecule is C[C@@H]1CSCCC1n1cc(C(N)=O)c(Nc2ccc(F)cc2)n1. The number of halogens is 1. The quantitative estimate of drug-likeness (QED) is 0.901. The minimum atomic E-state index is -0.529. The number of amides is 1. The summed E-state index contributed by atoms with van der Waals surface area (Å²) in [5.41, 5.74) is 6.48. The highest BCUT2D eigenvalue weighted by Gasteiger charge is 2.26. The van der Waals surface area contributed by atoms with Gasteiger partial charge in [-0.15, -0.1) is 0 Å². The van der Waals surface area contributed by atoms with Crippen LogP contribution in [0.15, 0.2) is 30.5 Å². The number of nitrogens with zero attached hydrogens (tertiary/aromatic N) is 2. The molecule has 5 nitrogen and oxygen atoms in total. The predicted molar refractivity (Wildman–Crippen MR) is 90.6 cm³/mol. The molecule has 1 aliphatic heterocycles. The largest absolute Gasteiger partial charge is 0.365 e. The number of anilines is 2. The second-order valence-electron chi connectivity index (χ2n) is 5.78. The molecule has 1 aliphatic rings. The van der Waals surface area contributed by atoms with Gasteiger partial charge in [0.2, 0.25) is 0 Å². The van der Waals surface area contributed by atoms with Crippen LogP contribution in [0.5, 0.6) is 0 Å². The molecule has 1 amide bonds. The van der Waals surface area contributed by atoms with Crippen LogP contribution >= 0.6 is 11.8 Å². The third-order valence-electron chi connectivity index (χ3n) is 4.04. The molecule has 0 saturated carbocycles. The van der Waals surface area contributed by atoms with Gasteiger partial charge in [0.25, 0.3) is 5.91 Å². The topological polar surface area (TPSA) is 72.9 Å². The minimum absolute atomic E-state index is 0.262. The lowest BCUT2D eigenvalue weighted by Crippen LogP contribution is -2.24. The highest BCUT2D eigenvalue weighted by Crippen LogP contribution is 2.33. The summed E-state index contributed by atoms with van der Waals surface area (Å²) >= 11 is 1.94. The van der Waals surface area contributed by atoms with E-state index in [1.54, 1.807) is 18.3 Å². The predicted octanol–water partition coefficient (Wildman–Crippen LogP) is 3.18. The molecule has 0 bridgehead atoms. The fourth-order valence-corrected chi connectivity index (χ4v) is 3.93. The average Bonchev–Trinajstić information content (AvgIpc) is 2.94. The Labute approximate surface area is 138 Å². The molecular formula is C16H19FN4OS. The molecule has 1 saturated heterocycles. The summed E-state index contributed by atoms with van der Waals surface area (Å²) in [5.74, 6) is 2.21. The average molecular weight is 334 g/mol. The zero-order chi connectivity index (χ0) is 16.4. The van der Waals surface area contributed by atoms with Gasteiger partial charge in [0, 0.05) is 11.9 Å². The summed E-state index contributed by atoms with van der Waals surface area (Å²) in [6.07, 6.45) is 2.73. The summed E-state index contributed by atoms with van der Waals surface area (Å²) in [6.45, 7) is 2.19. The molecule has 1 aromatic heterocycles. The number of nitrogens with one attached hydrogen (secondary N) is 1. The van der Waals surface area contributed by atoms with Crippen LogP contribution in [0.3, 0.4) is 0 Å². The molecule has 122 valence electrons. The van der Waals surface area contributed by atoms with Crippen molar-refractivity contribution in [2.75, 3.05) is 16.8 Å². The normalized spacial score (nSPS) is 21.1. The van der Waals surface area contributed by atoms with E-state index in [1.165, 1.54) is 12.1 Å². The number of aromatic nitrogens is 2. The van der Waals surface area contributed by atoms with Crippen molar-refractivity contribution in [1.29, 1.82) is 0 Å². The van der Waals surface area contributed by atoms with Crippen LogP contribution in [0.4, 0.5) is 15.9 Å². The van der Waals surface area contributed by atoms with Gasteiger partial charge in [-0.1, -0.05) is 6.92 Å². The summed E-state index contributed by atoms with van der Waals surface area (Å²) in [6, 6.07) is 6.16. The molecule has 2 aromatic rings. The standard InChI is InChI=1S/C16H19FN4OS/c1-10-9-23-7-6-14(10)21-8-13(15(18)22)16(20-21)19-12-4-2-11(17)3-5-12/h2-5,8,10,14H,6-7,9H2,1H3,(H2,18,22)(H,19,20)/t10-,14?/m1/s1. The highest BCUT2D eigenvalue weighted by atomic mass is 32.2. The van der Waals surface area contributed by atoms with Crippen LogP contribution in [0.2, 0.25) is 0 Å². The summed E-state index contributed by atoms with van der Waals surface area (Å²) in [5, 5.41) is 7.58. The van der Waals surface area contributed by atoms with Gasteiger partial charge in [-0.05, 0) is 48.1 Å². The van der Waals surface area contributed by atoms with Crippen LogP contribution in [-0.4, -0.2) is 27.2 Å². The molecule has 2 atom stereocenters. The number of carbonyl (C=O) groups is 1. The van der Waals surface area contributed by atoms with E-state index >= 15 is 0 Å². The number of benzene rings is 1. The Morgan fingerprint density at radius 1 is 1.43 bits per heavy atom. The Balaban J connectivity index is 1.89. The Hall–Kier alpha value is -2.02. The Morgan fingerprint density at radius 3 is 2.83 bits per heavy atom. The maximum Gasteiger partial charge on any atom is 0.254 e. The first-order chi connectivity index (χ1) is 11.0. The maximum atomic E-state index is 13.0. The first kappa shape index (κ1) is 15.9. The van der Waals surface area contributed by atoms with Gasteiger partial charge in [0.1, 0.15) is 11.4 Å². The van der Waals surface area contributed by atoms with Crippen molar-refractivity contribution in [2.24, 2.45) is 11.7 Å². The third-order valence-corrected chi connectivity index (χ3v) is 5.33. The summed E-state index contributed by atoms with van der Waals surface area (Å²) in [4.78, 5) is 11.7. The molecule has 3 rings (SSSR count). The van der Waals surface area contributed by atoms with Gasteiger partial charge in [-0.25, -0.2) is 4.39 Å². The van der Waals surface area contributed by atoms with E-state index in [4.69, 9.17) is 5.73 Å². The van der Waals surface area contributed by atoms with Crippen molar-refractivity contribution < 1.29 is 9.18 Å². The zero-order valence-corrected chi connectivity index (χ0v) is 13.6. The minimum Gasteiger partial charge on any atom is -0.365 e. The van der Waals surface area contributed by atoms with Gasteiger partial charge in [-0.2, -0.15) is 16.9 Å². The number of primary amides is 1. The molecule has 3 N–H and O–H groups in total. The number of hydrogen-bond acceptors (Lipinski definition) is 4. The van der Waals surface area contributed by atoms with Gasteiger partial charge in [0.05, 0.1) is 6.04 Å². The van der Waals surface area contributed by atoms with Gasteiger partial charge in [-0.3, -0.25) is 9.48 Å². The lowest BCUT2D eigenvalue weighted by atomic mass is 10.0. The fraction of sp³-hybridized carbons (Fsp3) is 0.375. The van der Waals surface area contributed by atoms with Crippen LogP contribution in [0.25, 0.3) is 0 Å². The van der Waals surface area contributed by atoms with E-state index in [2.05, 4.69) is 17.3 Å². The van der Waals surface area contributed by atoms with Gasteiger partial charge in [0.15, 0.2) is 5.82 Å². The van der Waals surface area contributed by atoms with E-state index in [-0.39, 0.29) is 11.9 Å². The van der Waals surface area contributed by atoms with Crippen molar-refractivity contribution in [2.45, 2.75) is 19.4 Å². The van der Waals surface area contributed by atoms with Crippen molar-refractivity contribution in [1.82, 2.24) is 9.78 Å².